The number of hydrogen-bond donors (Lipinski definition) is 0. The quantitative estimate of drug-likeness (QED) is 0.510. The summed E-state index contributed by atoms with van der Waals surface area (Å²) in [6.45, 7) is 10.9. The first-order valence-corrected chi connectivity index (χ1v) is 6.79. The molecule has 0 spiro atoms. The molecule has 0 aliphatic heterocycles. The molecule has 0 radical (unpaired) electrons. The average Bonchev–Trinajstić information content (AvgIpc) is 1.93. The van der Waals surface area contributed by atoms with Crippen molar-refractivity contribution in [3.05, 3.63) is 12.2 Å². The molecule has 0 saturated carbocycles. The number of halogens is 3. The van der Waals surface area contributed by atoms with Gasteiger partial charge in [-0.25, -0.2) is 0 Å². The minimum absolute atomic E-state index is 0.00273. The van der Waals surface area contributed by atoms with Gasteiger partial charge in [-0.1, -0.05) is 47.9 Å². The van der Waals surface area contributed by atoms with E-state index in [1.54, 1.807) is 6.92 Å². The van der Waals surface area contributed by atoms with E-state index in [2.05, 4.69) is 6.58 Å². The Kier molecular flexibility index (Phi) is 5.61. The van der Waals surface area contributed by atoms with Gasteiger partial charge >= 0.3 is 6.18 Å². The van der Waals surface area contributed by atoms with Gasteiger partial charge in [-0.2, -0.15) is 13.2 Å². The van der Waals surface area contributed by atoms with E-state index < -0.39 is 11.4 Å². The van der Waals surface area contributed by atoms with Crippen LogP contribution in [0.2, 0.25) is 0 Å². The molecule has 0 bridgehead atoms. The third-order valence-electron chi connectivity index (χ3n) is 1.31. The van der Waals surface area contributed by atoms with Crippen LogP contribution in [0.15, 0.2) is 12.2 Å². The van der Waals surface area contributed by atoms with Gasteiger partial charge in [0.15, 0.2) is 0 Å². The summed E-state index contributed by atoms with van der Waals surface area (Å²) in [7, 11) is 2.16. The standard InChI is InChI=1S/C10H17F3S2/c1-7(2)6-8(10(11,12)13)14-15-9(3,4)5/h8H,1,6H2,2-5H3/t8-/m0/s1. The fourth-order valence-electron chi connectivity index (χ4n) is 0.723. The first kappa shape index (κ1) is 15.2. The molecule has 0 aromatic rings. The summed E-state index contributed by atoms with van der Waals surface area (Å²) in [5.74, 6) is 0. The van der Waals surface area contributed by atoms with Gasteiger partial charge in [0.05, 0.1) is 0 Å². The summed E-state index contributed by atoms with van der Waals surface area (Å²) in [4.78, 5) is 0. The van der Waals surface area contributed by atoms with Crippen molar-refractivity contribution in [2.75, 3.05) is 0 Å². The Morgan fingerprint density at radius 1 is 1.27 bits per heavy atom. The second-order valence-electron chi connectivity index (χ2n) is 4.48. The van der Waals surface area contributed by atoms with E-state index in [0.717, 1.165) is 10.8 Å². The first-order valence-electron chi connectivity index (χ1n) is 4.58. The normalized spacial score (nSPS) is 15.1. The summed E-state index contributed by atoms with van der Waals surface area (Å²) in [5.41, 5.74) is 0.569. The van der Waals surface area contributed by atoms with Crippen LogP contribution in [-0.4, -0.2) is 16.2 Å². The molecule has 0 amide bonds. The van der Waals surface area contributed by atoms with Crippen molar-refractivity contribution < 1.29 is 13.2 Å². The molecule has 0 aliphatic carbocycles. The largest absolute Gasteiger partial charge is 0.401 e. The smallest absolute Gasteiger partial charge is 0.170 e. The molecule has 0 heterocycles. The average molecular weight is 258 g/mol. The van der Waals surface area contributed by atoms with Crippen molar-refractivity contribution in [3.63, 3.8) is 0 Å². The van der Waals surface area contributed by atoms with E-state index in [4.69, 9.17) is 0 Å². The summed E-state index contributed by atoms with van der Waals surface area (Å²) in [6.07, 6.45) is -4.15. The van der Waals surface area contributed by atoms with Crippen LogP contribution in [0.25, 0.3) is 0 Å². The Labute approximate surface area is 97.5 Å². The molecule has 5 heteroatoms. The number of hydrogen-bond acceptors (Lipinski definition) is 2. The highest BCUT2D eigenvalue weighted by Crippen LogP contribution is 2.45. The Morgan fingerprint density at radius 2 is 1.73 bits per heavy atom. The molecule has 0 aliphatic rings. The van der Waals surface area contributed by atoms with Crippen LogP contribution in [0.4, 0.5) is 13.2 Å². The van der Waals surface area contributed by atoms with E-state index in [1.165, 1.54) is 10.8 Å². The number of alkyl halides is 3. The van der Waals surface area contributed by atoms with Crippen LogP contribution in [0.3, 0.4) is 0 Å². The maximum absolute atomic E-state index is 12.6. The molecule has 0 unspecified atom stereocenters. The van der Waals surface area contributed by atoms with Crippen molar-refractivity contribution in [3.8, 4) is 0 Å². The highest BCUT2D eigenvalue weighted by atomic mass is 33.1. The van der Waals surface area contributed by atoms with Crippen molar-refractivity contribution in [1.29, 1.82) is 0 Å². The zero-order chi connectivity index (χ0) is 12.3. The van der Waals surface area contributed by atoms with Crippen LogP contribution in [0.1, 0.15) is 34.1 Å². The third kappa shape index (κ3) is 8.08. The van der Waals surface area contributed by atoms with Crippen LogP contribution in [0, 0.1) is 0 Å². The monoisotopic (exact) mass is 258 g/mol. The Bertz CT molecular complexity index is 216. The lowest BCUT2D eigenvalue weighted by Crippen LogP contribution is -2.26. The molecule has 0 fully saturated rings. The van der Waals surface area contributed by atoms with E-state index in [9.17, 15) is 13.2 Å². The van der Waals surface area contributed by atoms with Crippen molar-refractivity contribution in [2.24, 2.45) is 0 Å². The summed E-state index contributed by atoms with van der Waals surface area (Å²) in [6, 6.07) is 0. The van der Waals surface area contributed by atoms with E-state index in [0.29, 0.717) is 5.57 Å². The molecule has 90 valence electrons. The van der Waals surface area contributed by atoms with E-state index >= 15 is 0 Å². The lowest BCUT2D eigenvalue weighted by molar-refractivity contribution is -0.128. The lowest BCUT2D eigenvalue weighted by atomic mass is 10.2. The molecular formula is C10H17F3S2. The van der Waals surface area contributed by atoms with Crippen molar-refractivity contribution in [1.82, 2.24) is 0 Å². The van der Waals surface area contributed by atoms with Gasteiger partial charge in [-0.15, -0.1) is 6.58 Å². The second-order valence-corrected chi connectivity index (χ2v) is 7.71. The minimum Gasteiger partial charge on any atom is -0.170 e. The molecule has 0 saturated heterocycles. The fourth-order valence-corrected chi connectivity index (χ4v) is 3.34. The fraction of sp³-hybridized carbons (Fsp3) is 0.800. The summed E-state index contributed by atoms with van der Waals surface area (Å²) in [5, 5.41) is -1.35. The highest BCUT2D eigenvalue weighted by Gasteiger charge is 2.40. The van der Waals surface area contributed by atoms with Gasteiger partial charge in [0, 0.05) is 4.75 Å². The van der Waals surface area contributed by atoms with Gasteiger partial charge in [0.25, 0.3) is 0 Å². The Morgan fingerprint density at radius 3 is 2.00 bits per heavy atom. The maximum atomic E-state index is 12.6. The minimum atomic E-state index is -4.15. The Balaban J connectivity index is 4.33. The predicted octanol–water partition coefficient (Wildman–Crippen LogP) is 5.06. The zero-order valence-electron chi connectivity index (χ0n) is 9.44. The molecule has 0 aromatic carbocycles. The summed E-state index contributed by atoms with van der Waals surface area (Å²) < 4.78 is 37.6. The number of rotatable bonds is 4. The van der Waals surface area contributed by atoms with Crippen molar-refractivity contribution >= 4 is 21.6 Å². The van der Waals surface area contributed by atoms with Gasteiger partial charge < -0.3 is 0 Å². The molecule has 0 N–H and O–H groups in total. The second kappa shape index (κ2) is 5.53. The molecule has 1 atom stereocenters. The van der Waals surface area contributed by atoms with Crippen LogP contribution in [0.5, 0.6) is 0 Å². The van der Waals surface area contributed by atoms with Crippen LogP contribution >= 0.6 is 21.6 Å². The number of allylic oxidation sites excluding steroid dienone is 1. The summed E-state index contributed by atoms with van der Waals surface area (Å²) >= 11 is 0. The highest BCUT2D eigenvalue weighted by molar-refractivity contribution is 8.77. The molecule has 0 rings (SSSR count). The van der Waals surface area contributed by atoms with Gasteiger partial charge in [0.1, 0.15) is 5.25 Å². The molecular weight excluding hydrogens is 241 g/mol. The topological polar surface area (TPSA) is 0 Å². The molecule has 0 aromatic heterocycles. The van der Waals surface area contributed by atoms with Gasteiger partial charge in [-0.3, -0.25) is 0 Å². The van der Waals surface area contributed by atoms with Gasteiger partial charge in [0.2, 0.25) is 0 Å². The van der Waals surface area contributed by atoms with E-state index in [-0.39, 0.29) is 11.2 Å². The first-order chi connectivity index (χ1) is 6.52. The van der Waals surface area contributed by atoms with Crippen LogP contribution < -0.4 is 0 Å². The molecule has 0 nitrogen and oxygen atoms in total. The van der Waals surface area contributed by atoms with E-state index in [1.807, 2.05) is 20.8 Å². The zero-order valence-corrected chi connectivity index (χ0v) is 11.1. The predicted molar refractivity (Wildman–Crippen MR) is 64.2 cm³/mol. The van der Waals surface area contributed by atoms with Crippen molar-refractivity contribution in [2.45, 2.75) is 50.3 Å². The molecule has 15 heavy (non-hydrogen) atoms. The Hall–Kier alpha value is 0.230. The maximum Gasteiger partial charge on any atom is 0.401 e. The SMILES string of the molecule is C=C(C)C[C@H](SSC(C)(C)C)C(F)(F)F. The third-order valence-corrected chi connectivity index (χ3v) is 5.06. The van der Waals surface area contributed by atoms with Crippen LogP contribution in [-0.2, 0) is 0 Å². The lowest BCUT2D eigenvalue weighted by Gasteiger charge is -2.23. The van der Waals surface area contributed by atoms with Gasteiger partial charge in [-0.05, 0) is 13.3 Å².